The molecule has 0 aromatic carbocycles. The SMILES string of the molecule is COCCN1CCC[C@@]2(CCN(c3ccc(Cl)cn3)C2)C1=O. The molecule has 0 unspecified atom stereocenters. The Morgan fingerprint density at radius 2 is 2.23 bits per heavy atom. The lowest BCUT2D eigenvalue weighted by atomic mass is 9.78. The maximum atomic E-state index is 12.9. The maximum Gasteiger partial charge on any atom is 0.230 e. The number of hydrogen-bond donors (Lipinski definition) is 0. The highest BCUT2D eigenvalue weighted by atomic mass is 35.5. The van der Waals surface area contributed by atoms with Crippen molar-refractivity contribution in [3.8, 4) is 0 Å². The average Bonchev–Trinajstić information content (AvgIpc) is 2.95. The number of ether oxygens (including phenoxy) is 1. The molecule has 0 radical (unpaired) electrons. The van der Waals surface area contributed by atoms with Gasteiger partial charge in [-0.05, 0) is 31.4 Å². The molecule has 2 fully saturated rings. The normalized spacial score (nSPS) is 25.3. The van der Waals surface area contributed by atoms with E-state index in [0.717, 1.165) is 44.7 Å². The standard InChI is InChI=1S/C16H22ClN3O2/c1-22-10-9-19-7-2-5-16(15(19)21)6-8-20(12-16)14-4-3-13(17)11-18-14/h3-4,11H,2,5-10,12H2,1H3/t16-/m0/s1. The molecule has 1 spiro atoms. The van der Waals surface area contributed by atoms with Crippen LogP contribution in [0.15, 0.2) is 18.3 Å². The molecule has 3 rings (SSSR count). The molecule has 2 saturated heterocycles. The second-order valence-corrected chi connectivity index (χ2v) is 6.61. The number of anilines is 1. The third-order valence-corrected chi connectivity index (χ3v) is 5.00. The molecule has 5 nitrogen and oxygen atoms in total. The molecule has 0 bridgehead atoms. The van der Waals surface area contributed by atoms with E-state index in [1.165, 1.54) is 0 Å². The second-order valence-electron chi connectivity index (χ2n) is 6.18. The number of piperidine rings is 1. The first-order valence-corrected chi connectivity index (χ1v) is 8.17. The van der Waals surface area contributed by atoms with Crippen LogP contribution in [-0.4, -0.2) is 55.7 Å². The summed E-state index contributed by atoms with van der Waals surface area (Å²) < 4.78 is 5.12. The molecule has 0 N–H and O–H groups in total. The van der Waals surface area contributed by atoms with Crippen LogP contribution in [0.2, 0.25) is 5.02 Å². The molecular weight excluding hydrogens is 302 g/mol. The summed E-state index contributed by atoms with van der Waals surface area (Å²) in [6.07, 6.45) is 4.60. The monoisotopic (exact) mass is 323 g/mol. The van der Waals surface area contributed by atoms with E-state index in [-0.39, 0.29) is 11.3 Å². The number of halogens is 1. The summed E-state index contributed by atoms with van der Waals surface area (Å²) in [6.45, 7) is 3.77. The van der Waals surface area contributed by atoms with E-state index in [2.05, 4.69) is 9.88 Å². The van der Waals surface area contributed by atoms with Crippen LogP contribution >= 0.6 is 11.6 Å². The van der Waals surface area contributed by atoms with Crippen molar-refractivity contribution in [1.29, 1.82) is 0 Å². The van der Waals surface area contributed by atoms with Gasteiger partial charge in [0.1, 0.15) is 5.82 Å². The Morgan fingerprint density at radius 1 is 1.36 bits per heavy atom. The van der Waals surface area contributed by atoms with Gasteiger partial charge >= 0.3 is 0 Å². The second kappa shape index (κ2) is 6.42. The van der Waals surface area contributed by atoms with Gasteiger partial charge in [-0.15, -0.1) is 0 Å². The van der Waals surface area contributed by atoms with Gasteiger partial charge in [-0.25, -0.2) is 4.98 Å². The molecule has 0 saturated carbocycles. The lowest BCUT2D eigenvalue weighted by molar-refractivity contribution is -0.145. The third kappa shape index (κ3) is 2.92. The van der Waals surface area contributed by atoms with Gasteiger partial charge in [0.2, 0.25) is 5.91 Å². The Bertz CT molecular complexity index is 537. The Balaban J connectivity index is 1.71. The maximum absolute atomic E-state index is 12.9. The topological polar surface area (TPSA) is 45.7 Å². The van der Waals surface area contributed by atoms with Crippen LogP contribution in [0.5, 0.6) is 0 Å². The summed E-state index contributed by atoms with van der Waals surface area (Å²) in [5.74, 6) is 1.19. The van der Waals surface area contributed by atoms with E-state index in [9.17, 15) is 4.79 Å². The highest BCUT2D eigenvalue weighted by Gasteiger charge is 2.48. The van der Waals surface area contributed by atoms with E-state index in [1.54, 1.807) is 13.3 Å². The molecule has 1 aromatic heterocycles. The number of pyridine rings is 1. The molecule has 22 heavy (non-hydrogen) atoms. The molecule has 1 amide bonds. The molecule has 0 aliphatic carbocycles. The lowest BCUT2D eigenvalue weighted by Crippen LogP contribution is -2.51. The van der Waals surface area contributed by atoms with Crippen LogP contribution in [0.3, 0.4) is 0 Å². The minimum absolute atomic E-state index is 0.243. The van der Waals surface area contributed by atoms with Crippen LogP contribution in [0.4, 0.5) is 5.82 Å². The highest BCUT2D eigenvalue weighted by molar-refractivity contribution is 6.30. The molecule has 6 heteroatoms. The lowest BCUT2D eigenvalue weighted by Gasteiger charge is -2.39. The zero-order valence-corrected chi connectivity index (χ0v) is 13.7. The number of likely N-dealkylation sites (tertiary alicyclic amines) is 1. The van der Waals surface area contributed by atoms with E-state index < -0.39 is 0 Å². The van der Waals surface area contributed by atoms with Gasteiger partial charge in [0.05, 0.1) is 17.0 Å². The zero-order valence-electron chi connectivity index (χ0n) is 12.9. The average molecular weight is 324 g/mol. The largest absolute Gasteiger partial charge is 0.383 e. The molecule has 2 aliphatic rings. The van der Waals surface area contributed by atoms with Crippen molar-refractivity contribution in [3.63, 3.8) is 0 Å². The first-order valence-electron chi connectivity index (χ1n) is 7.79. The Hall–Kier alpha value is -1.33. The van der Waals surface area contributed by atoms with E-state index in [1.807, 2.05) is 17.0 Å². The first-order chi connectivity index (χ1) is 10.6. The van der Waals surface area contributed by atoms with E-state index in [0.29, 0.717) is 18.2 Å². The Kier molecular flexibility index (Phi) is 4.54. The third-order valence-electron chi connectivity index (χ3n) is 4.78. The molecule has 2 aliphatic heterocycles. The predicted octanol–water partition coefficient (Wildman–Crippen LogP) is 2.20. The van der Waals surface area contributed by atoms with Gasteiger partial charge < -0.3 is 14.5 Å². The van der Waals surface area contributed by atoms with Crippen molar-refractivity contribution in [2.45, 2.75) is 19.3 Å². The highest BCUT2D eigenvalue weighted by Crippen LogP contribution is 2.41. The van der Waals surface area contributed by atoms with Gasteiger partial charge in [0.25, 0.3) is 0 Å². The number of hydrogen-bond acceptors (Lipinski definition) is 4. The van der Waals surface area contributed by atoms with Crippen molar-refractivity contribution < 1.29 is 9.53 Å². The number of methoxy groups -OCH3 is 1. The fourth-order valence-corrected chi connectivity index (χ4v) is 3.68. The summed E-state index contributed by atoms with van der Waals surface area (Å²) in [4.78, 5) is 21.4. The van der Waals surface area contributed by atoms with Gasteiger partial charge in [-0.1, -0.05) is 11.6 Å². The van der Waals surface area contributed by atoms with Crippen molar-refractivity contribution in [1.82, 2.24) is 9.88 Å². The minimum atomic E-state index is -0.243. The Morgan fingerprint density at radius 3 is 2.95 bits per heavy atom. The summed E-state index contributed by atoms with van der Waals surface area (Å²) in [5.41, 5.74) is -0.243. The molecule has 120 valence electrons. The van der Waals surface area contributed by atoms with Crippen molar-refractivity contribution >= 4 is 23.3 Å². The van der Waals surface area contributed by atoms with Gasteiger partial charge in [-0.2, -0.15) is 0 Å². The van der Waals surface area contributed by atoms with Crippen LogP contribution in [0.25, 0.3) is 0 Å². The van der Waals surface area contributed by atoms with Crippen LogP contribution in [-0.2, 0) is 9.53 Å². The number of rotatable bonds is 4. The number of aromatic nitrogens is 1. The van der Waals surface area contributed by atoms with Crippen molar-refractivity contribution in [3.05, 3.63) is 23.4 Å². The number of amides is 1. The molecule has 3 heterocycles. The molecule has 1 atom stereocenters. The van der Waals surface area contributed by atoms with Crippen LogP contribution in [0, 0.1) is 5.41 Å². The van der Waals surface area contributed by atoms with E-state index in [4.69, 9.17) is 16.3 Å². The predicted molar refractivity (Wildman–Crippen MR) is 86.2 cm³/mol. The van der Waals surface area contributed by atoms with Gasteiger partial charge in [-0.3, -0.25) is 4.79 Å². The fourth-order valence-electron chi connectivity index (χ4n) is 3.57. The quantitative estimate of drug-likeness (QED) is 0.852. The summed E-state index contributed by atoms with van der Waals surface area (Å²) in [6, 6.07) is 3.78. The number of carbonyl (C=O) groups is 1. The Labute approximate surface area is 136 Å². The van der Waals surface area contributed by atoms with Gasteiger partial charge in [0.15, 0.2) is 0 Å². The first kappa shape index (κ1) is 15.6. The van der Waals surface area contributed by atoms with Crippen molar-refractivity contribution in [2.24, 2.45) is 5.41 Å². The summed E-state index contributed by atoms with van der Waals surface area (Å²) in [5, 5.41) is 0.636. The van der Waals surface area contributed by atoms with Crippen LogP contribution < -0.4 is 4.90 Å². The zero-order chi connectivity index (χ0) is 15.6. The van der Waals surface area contributed by atoms with E-state index >= 15 is 0 Å². The summed E-state index contributed by atoms with van der Waals surface area (Å²) >= 11 is 5.90. The summed E-state index contributed by atoms with van der Waals surface area (Å²) in [7, 11) is 1.67. The fraction of sp³-hybridized carbons (Fsp3) is 0.625. The smallest absolute Gasteiger partial charge is 0.230 e. The number of nitrogens with zero attached hydrogens (tertiary/aromatic N) is 3. The molecule has 1 aromatic rings. The number of carbonyl (C=O) groups excluding carboxylic acids is 1. The molecular formula is C16H22ClN3O2. The van der Waals surface area contributed by atoms with Crippen LogP contribution in [0.1, 0.15) is 19.3 Å². The van der Waals surface area contributed by atoms with Gasteiger partial charge in [0, 0.05) is 39.5 Å². The minimum Gasteiger partial charge on any atom is -0.383 e. The van der Waals surface area contributed by atoms with Crippen molar-refractivity contribution in [2.75, 3.05) is 44.8 Å².